The molecule has 1 fully saturated rings. The maximum Gasteiger partial charge on any atom is 0.317 e. The van der Waals surface area contributed by atoms with Crippen LogP contribution in [0.5, 0.6) is 5.88 Å². The summed E-state index contributed by atoms with van der Waals surface area (Å²) in [5.41, 5.74) is 1.70. The fourth-order valence-corrected chi connectivity index (χ4v) is 2.44. The van der Waals surface area contributed by atoms with Gasteiger partial charge in [0.25, 0.3) is 0 Å². The van der Waals surface area contributed by atoms with Crippen LogP contribution >= 0.6 is 0 Å². The van der Waals surface area contributed by atoms with Crippen LogP contribution < -0.4 is 10.1 Å². The average molecular weight is 322 g/mol. The second kappa shape index (κ2) is 7.47. The van der Waals surface area contributed by atoms with Gasteiger partial charge in [0.1, 0.15) is 12.2 Å². The summed E-state index contributed by atoms with van der Waals surface area (Å²) in [4.78, 5) is 17.8. The molecule has 3 rings (SSSR count). The van der Waals surface area contributed by atoms with Crippen molar-refractivity contribution in [2.75, 3.05) is 19.6 Å². The zero-order valence-corrected chi connectivity index (χ0v) is 13.2. The summed E-state index contributed by atoms with van der Waals surface area (Å²) in [7, 11) is 0. The van der Waals surface area contributed by atoms with Crippen molar-refractivity contribution < 1.29 is 9.53 Å². The van der Waals surface area contributed by atoms with Crippen LogP contribution in [-0.4, -0.2) is 41.7 Å². The average Bonchev–Trinajstić information content (AvgIpc) is 2.59. The highest BCUT2D eigenvalue weighted by molar-refractivity contribution is 5.75. The molecule has 0 atom stereocenters. The number of nitrogens with one attached hydrogen (secondary N) is 1. The lowest BCUT2D eigenvalue weighted by Gasteiger charge is -2.38. The number of carbonyl (C=O) groups excluding carboxylic acids is 1. The summed E-state index contributed by atoms with van der Waals surface area (Å²) in [5.74, 6) is 0.475. The molecule has 0 aliphatic carbocycles. The number of rotatable bonds is 5. The lowest BCUT2D eigenvalue weighted by molar-refractivity contribution is 0.0415. The number of ether oxygens (including phenoxy) is 1. The number of hydrogen-bond acceptors (Lipinski definition) is 4. The lowest BCUT2D eigenvalue weighted by Crippen LogP contribution is -2.59. The summed E-state index contributed by atoms with van der Waals surface area (Å²) in [6.07, 6.45) is 2.24. The normalized spacial score (nSPS) is 13.7. The maximum atomic E-state index is 12.0. The number of benzene rings is 1. The van der Waals surface area contributed by atoms with Crippen molar-refractivity contribution in [1.29, 1.82) is 5.26 Å². The summed E-state index contributed by atoms with van der Waals surface area (Å²) in [5, 5.41) is 11.6. The minimum absolute atomic E-state index is 0.0506. The summed E-state index contributed by atoms with van der Waals surface area (Å²) < 4.78 is 5.66. The Hall–Kier alpha value is -3.07. The highest BCUT2D eigenvalue weighted by Gasteiger charge is 2.32. The molecule has 2 aromatic rings. The first-order valence-corrected chi connectivity index (χ1v) is 7.84. The fraction of sp³-hybridized carbons (Fsp3) is 0.278. The van der Waals surface area contributed by atoms with E-state index in [0.29, 0.717) is 31.1 Å². The van der Waals surface area contributed by atoms with Gasteiger partial charge in [-0.15, -0.1) is 0 Å². The van der Waals surface area contributed by atoms with Crippen LogP contribution in [0, 0.1) is 11.3 Å². The Morgan fingerprint density at radius 1 is 1.29 bits per heavy atom. The van der Waals surface area contributed by atoms with Crippen molar-refractivity contribution in [3.05, 3.63) is 59.8 Å². The van der Waals surface area contributed by atoms with Gasteiger partial charge in [0.2, 0.25) is 5.88 Å². The SMILES string of the molecule is N#Cc1ccc(OC2CN(C(=O)NCCc3ccccc3)C2)nc1. The van der Waals surface area contributed by atoms with Gasteiger partial charge in [-0.05, 0) is 18.1 Å². The third-order valence-corrected chi connectivity index (χ3v) is 3.82. The first kappa shape index (κ1) is 15.8. The number of nitriles is 1. The summed E-state index contributed by atoms with van der Waals surface area (Å²) in [6.45, 7) is 1.69. The smallest absolute Gasteiger partial charge is 0.317 e. The molecule has 122 valence electrons. The van der Waals surface area contributed by atoms with Crippen LogP contribution in [0.3, 0.4) is 0 Å². The Balaban J connectivity index is 1.36. The van der Waals surface area contributed by atoms with E-state index < -0.39 is 0 Å². The predicted octanol–water partition coefficient (Wildman–Crippen LogP) is 1.97. The van der Waals surface area contributed by atoms with E-state index in [9.17, 15) is 4.79 Å². The highest BCUT2D eigenvalue weighted by atomic mass is 16.5. The molecule has 0 radical (unpaired) electrons. The number of nitrogens with zero attached hydrogens (tertiary/aromatic N) is 3. The van der Waals surface area contributed by atoms with Crippen molar-refractivity contribution in [3.8, 4) is 11.9 Å². The van der Waals surface area contributed by atoms with Crippen molar-refractivity contribution in [2.24, 2.45) is 0 Å². The molecule has 1 N–H and O–H groups in total. The van der Waals surface area contributed by atoms with Crippen LogP contribution in [0.1, 0.15) is 11.1 Å². The standard InChI is InChI=1S/C18H18N4O2/c19-10-15-6-7-17(21-11-15)24-16-12-22(13-16)18(23)20-9-8-14-4-2-1-3-5-14/h1-7,11,16H,8-9,12-13H2,(H,20,23). The lowest BCUT2D eigenvalue weighted by atomic mass is 10.1. The van der Waals surface area contributed by atoms with E-state index in [1.165, 1.54) is 11.8 Å². The van der Waals surface area contributed by atoms with Gasteiger partial charge in [0.15, 0.2) is 0 Å². The Morgan fingerprint density at radius 3 is 2.75 bits per heavy atom. The second-order valence-electron chi connectivity index (χ2n) is 5.61. The molecule has 0 bridgehead atoms. The van der Waals surface area contributed by atoms with Gasteiger partial charge >= 0.3 is 6.03 Å². The zero-order valence-electron chi connectivity index (χ0n) is 13.2. The van der Waals surface area contributed by atoms with Crippen molar-refractivity contribution >= 4 is 6.03 Å². The number of carbonyl (C=O) groups is 1. The maximum absolute atomic E-state index is 12.0. The molecular formula is C18H18N4O2. The molecule has 0 saturated carbocycles. The van der Waals surface area contributed by atoms with Crippen LogP contribution in [0.2, 0.25) is 0 Å². The fourth-order valence-electron chi connectivity index (χ4n) is 2.44. The molecule has 1 aromatic carbocycles. The molecule has 2 amide bonds. The van der Waals surface area contributed by atoms with E-state index in [2.05, 4.69) is 10.3 Å². The van der Waals surface area contributed by atoms with Crippen LogP contribution in [0.25, 0.3) is 0 Å². The zero-order chi connectivity index (χ0) is 16.8. The molecule has 6 nitrogen and oxygen atoms in total. The van der Waals surface area contributed by atoms with Crippen molar-refractivity contribution in [3.63, 3.8) is 0 Å². The molecule has 0 spiro atoms. The second-order valence-corrected chi connectivity index (χ2v) is 5.61. The first-order chi connectivity index (χ1) is 11.7. The number of amides is 2. The molecule has 6 heteroatoms. The largest absolute Gasteiger partial charge is 0.471 e. The number of likely N-dealkylation sites (tertiary alicyclic amines) is 1. The van der Waals surface area contributed by atoms with E-state index in [4.69, 9.17) is 10.00 Å². The summed E-state index contributed by atoms with van der Waals surface area (Å²) >= 11 is 0. The monoisotopic (exact) mass is 322 g/mol. The van der Waals surface area contributed by atoms with E-state index in [1.54, 1.807) is 17.0 Å². The minimum Gasteiger partial charge on any atom is -0.471 e. The summed E-state index contributed by atoms with van der Waals surface area (Å²) in [6, 6.07) is 15.3. The van der Waals surface area contributed by atoms with Crippen LogP contribution in [0.15, 0.2) is 48.7 Å². The third kappa shape index (κ3) is 4.02. The van der Waals surface area contributed by atoms with Gasteiger partial charge in [-0.3, -0.25) is 0 Å². The third-order valence-electron chi connectivity index (χ3n) is 3.82. The molecule has 1 aromatic heterocycles. The number of urea groups is 1. The number of aromatic nitrogens is 1. The number of pyridine rings is 1. The quantitative estimate of drug-likeness (QED) is 0.913. The minimum atomic E-state index is -0.0708. The molecule has 1 saturated heterocycles. The van der Waals surface area contributed by atoms with E-state index in [-0.39, 0.29) is 12.1 Å². The number of hydrogen-bond donors (Lipinski definition) is 1. The Bertz CT molecular complexity index is 719. The van der Waals surface area contributed by atoms with Gasteiger partial charge < -0.3 is 15.0 Å². The van der Waals surface area contributed by atoms with Crippen molar-refractivity contribution in [1.82, 2.24) is 15.2 Å². The van der Waals surface area contributed by atoms with E-state index in [1.807, 2.05) is 36.4 Å². The first-order valence-electron chi connectivity index (χ1n) is 7.84. The van der Waals surface area contributed by atoms with Crippen molar-refractivity contribution in [2.45, 2.75) is 12.5 Å². The molecule has 1 aliphatic rings. The van der Waals surface area contributed by atoms with Gasteiger partial charge in [-0.25, -0.2) is 9.78 Å². The van der Waals surface area contributed by atoms with Crippen LogP contribution in [0.4, 0.5) is 4.79 Å². The van der Waals surface area contributed by atoms with E-state index >= 15 is 0 Å². The topological polar surface area (TPSA) is 78.2 Å². The molecular weight excluding hydrogens is 304 g/mol. The van der Waals surface area contributed by atoms with E-state index in [0.717, 1.165) is 6.42 Å². The molecule has 2 heterocycles. The highest BCUT2D eigenvalue weighted by Crippen LogP contribution is 2.16. The predicted molar refractivity (Wildman–Crippen MR) is 88.5 cm³/mol. The van der Waals surface area contributed by atoms with Gasteiger partial charge in [0.05, 0.1) is 18.7 Å². The Morgan fingerprint density at radius 2 is 2.08 bits per heavy atom. The van der Waals surface area contributed by atoms with Gasteiger partial charge in [-0.1, -0.05) is 30.3 Å². The Kier molecular flexibility index (Phi) is 4.92. The van der Waals surface area contributed by atoms with Gasteiger partial charge in [0, 0.05) is 18.8 Å². The van der Waals surface area contributed by atoms with Crippen LogP contribution in [-0.2, 0) is 6.42 Å². The Labute approximate surface area is 140 Å². The molecule has 0 unspecified atom stereocenters. The molecule has 1 aliphatic heterocycles. The molecule has 24 heavy (non-hydrogen) atoms. The van der Waals surface area contributed by atoms with Gasteiger partial charge in [-0.2, -0.15) is 5.26 Å².